The third-order valence-corrected chi connectivity index (χ3v) is 4.93. The number of fused-ring (bicyclic) bond motifs is 1. The number of aromatic nitrogens is 1. The number of nitrogens with zero attached hydrogens (tertiary/aromatic N) is 2. The van der Waals surface area contributed by atoms with Crippen LogP contribution in [0, 0.1) is 0 Å². The molecule has 0 aliphatic carbocycles. The minimum Gasteiger partial charge on any atom is -0.377 e. The third kappa shape index (κ3) is 3.71. The predicted octanol–water partition coefficient (Wildman–Crippen LogP) is 1.91. The first kappa shape index (κ1) is 16.4. The number of ether oxygens (including phenoxy) is 1. The minimum absolute atomic E-state index is 0.316. The lowest BCUT2D eigenvalue weighted by Gasteiger charge is -2.38. The maximum Gasteiger partial charge on any atom is 0.276 e. The summed E-state index contributed by atoms with van der Waals surface area (Å²) in [5, 5.41) is 8.79. The molecule has 0 aromatic carbocycles. The molecule has 0 unspecified atom stereocenters. The normalized spacial score (nSPS) is 25.0. The van der Waals surface area contributed by atoms with Gasteiger partial charge in [-0.05, 0) is 37.3 Å². The van der Waals surface area contributed by atoms with Gasteiger partial charge < -0.3 is 4.74 Å². The Kier molecular flexibility index (Phi) is 5.25. The number of hydroxylamine groups is 1. The molecule has 2 aliphatic heterocycles. The summed E-state index contributed by atoms with van der Waals surface area (Å²) in [4.78, 5) is 18.5. The fourth-order valence-corrected chi connectivity index (χ4v) is 3.58. The van der Waals surface area contributed by atoms with Gasteiger partial charge in [-0.15, -0.1) is 0 Å². The zero-order valence-electron chi connectivity index (χ0n) is 13.6. The van der Waals surface area contributed by atoms with E-state index in [1.165, 1.54) is 19.0 Å². The van der Waals surface area contributed by atoms with Crippen LogP contribution < -0.4 is 5.48 Å². The van der Waals surface area contributed by atoms with Crippen molar-refractivity contribution in [3.8, 4) is 0 Å². The van der Waals surface area contributed by atoms with E-state index in [2.05, 4.69) is 16.8 Å². The number of pyridine rings is 1. The van der Waals surface area contributed by atoms with E-state index >= 15 is 0 Å². The number of amides is 1. The van der Waals surface area contributed by atoms with Gasteiger partial charge in [-0.1, -0.05) is 6.92 Å². The second-order valence-electron chi connectivity index (χ2n) is 6.45. The van der Waals surface area contributed by atoms with E-state index in [4.69, 9.17) is 9.94 Å². The Balaban J connectivity index is 1.76. The topological polar surface area (TPSA) is 74.7 Å². The second-order valence-corrected chi connectivity index (χ2v) is 6.45. The molecule has 1 aromatic rings. The van der Waals surface area contributed by atoms with Crippen molar-refractivity contribution in [2.24, 2.45) is 0 Å². The van der Waals surface area contributed by atoms with Crippen LogP contribution in [0.3, 0.4) is 0 Å². The van der Waals surface area contributed by atoms with Crippen molar-refractivity contribution in [1.82, 2.24) is 15.4 Å². The fourth-order valence-electron chi connectivity index (χ4n) is 3.58. The van der Waals surface area contributed by atoms with E-state index in [-0.39, 0.29) is 0 Å². The molecule has 6 nitrogen and oxygen atoms in total. The average molecular weight is 319 g/mol. The van der Waals surface area contributed by atoms with Gasteiger partial charge in [-0.2, -0.15) is 0 Å². The maximum atomic E-state index is 11.6. The molecule has 1 saturated heterocycles. The van der Waals surface area contributed by atoms with Gasteiger partial charge in [0.15, 0.2) is 0 Å². The molecule has 0 saturated carbocycles. The molecule has 6 heteroatoms. The quantitative estimate of drug-likeness (QED) is 0.655. The van der Waals surface area contributed by atoms with Gasteiger partial charge in [0.1, 0.15) is 0 Å². The fraction of sp³-hybridized carbons (Fsp3) is 0.647. The first-order valence-electron chi connectivity index (χ1n) is 8.49. The smallest absolute Gasteiger partial charge is 0.276 e. The summed E-state index contributed by atoms with van der Waals surface area (Å²) in [7, 11) is 0. The SMILES string of the molecule is CC[C@H]1Cc2ncc(C(=O)NO)cc2CN1C[C@H]1CCCCO1. The molecule has 1 amide bonds. The van der Waals surface area contributed by atoms with Crippen LogP contribution in [0.25, 0.3) is 0 Å². The van der Waals surface area contributed by atoms with E-state index in [9.17, 15) is 4.79 Å². The Hall–Kier alpha value is -1.50. The number of rotatable bonds is 4. The van der Waals surface area contributed by atoms with E-state index in [0.717, 1.165) is 50.2 Å². The van der Waals surface area contributed by atoms with E-state index in [0.29, 0.717) is 17.7 Å². The molecular formula is C17H25N3O3. The van der Waals surface area contributed by atoms with Crippen LogP contribution in [0.5, 0.6) is 0 Å². The minimum atomic E-state index is -0.514. The Morgan fingerprint density at radius 2 is 2.39 bits per heavy atom. The highest BCUT2D eigenvalue weighted by Gasteiger charge is 2.29. The Labute approximate surface area is 136 Å². The molecule has 0 radical (unpaired) electrons. The number of carbonyl (C=O) groups is 1. The van der Waals surface area contributed by atoms with Crippen molar-refractivity contribution in [3.05, 3.63) is 29.1 Å². The monoisotopic (exact) mass is 319 g/mol. The zero-order valence-corrected chi connectivity index (χ0v) is 13.6. The standard InChI is InChI=1S/C17H25N3O3/c1-2-14-8-16-13(7-12(9-18-16)17(21)19-22)10-20(14)11-15-5-3-4-6-23-15/h7,9,14-15,22H,2-6,8,10-11H2,1H3,(H,19,21)/t14-,15+/m0/s1. The summed E-state index contributed by atoms with van der Waals surface area (Å²) in [6.45, 7) is 4.80. The molecule has 2 atom stereocenters. The zero-order chi connectivity index (χ0) is 16.2. The van der Waals surface area contributed by atoms with Gasteiger partial charge in [0.05, 0.1) is 11.7 Å². The molecule has 1 aromatic heterocycles. The van der Waals surface area contributed by atoms with Gasteiger partial charge in [-0.3, -0.25) is 19.9 Å². The number of hydrogen-bond donors (Lipinski definition) is 2. The van der Waals surface area contributed by atoms with Crippen LogP contribution in [0.4, 0.5) is 0 Å². The van der Waals surface area contributed by atoms with Gasteiger partial charge in [0.2, 0.25) is 0 Å². The third-order valence-electron chi connectivity index (χ3n) is 4.93. The van der Waals surface area contributed by atoms with Crippen molar-refractivity contribution in [2.75, 3.05) is 13.2 Å². The summed E-state index contributed by atoms with van der Waals surface area (Å²) >= 11 is 0. The van der Waals surface area contributed by atoms with Gasteiger partial charge in [-0.25, -0.2) is 5.48 Å². The highest BCUT2D eigenvalue weighted by molar-refractivity contribution is 5.93. The summed E-state index contributed by atoms with van der Waals surface area (Å²) in [5.41, 5.74) is 4.21. The second kappa shape index (κ2) is 7.38. The Morgan fingerprint density at radius 1 is 1.52 bits per heavy atom. The molecule has 126 valence electrons. The van der Waals surface area contributed by atoms with E-state index in [1.54, 1.807) is 5.48 Å². The molecule has 3 heterocycles. The Morgan fingerprint density at radius 3 is 3.09 bits per heavy atom. The summed E-state index contributed by atoms with van der Waals surface area (Å²) in [5.74, 6) is -0.514. The first-order chi connectivity index (χ1) is 11.2. The van der Waals surface area contributed by atoms with Gasteiger partial charge >= 0.3 is 0 Å². The van der Waals surface area contributed by atoms with Crippen molar-refractivity contribution < 1.29 is 14.7 Å². The lowest BCUT2D eigenvalue weighted by Crippen LogP contribution is -2.45. The lowest BCUT2D eigenvalue weighted by molar-refractivity contribution is -0.0182. The van der Waals surface area contributed by atoms with Gasteiger partial charge in [0, 0.05) is 44.0 Å². The van der Waals surface area contributed by atoms with Crippen molar-refractivity contribution >= 4 is 5.91 Å². The van der Waals surface area contributed by atoms with E-state index < -0.39 is 5.91 Å². The van der Waals surface area contributed by atoms with Crippen molar-refractivity contribution in [1.29, 1.82) is 0 Å². The molecule has 0 bridgehead atoms. The van der Waals surface area contributed by atoms with Crippen LogP contribution >= 0.6 is 0 Å². The summed E-state index contributed by atoms with van der Waals surface area (Å²) in [6, 6.07) is 2.31. The average Bonchev–Trinajstić information content (AvgIpc) is 2.60. The van der Waals surface area contributed by atoms with Crippen LogP contribution in [0.15, 0.2) is 12.3 Å². The highest BCUT2D eigenvalue weighted by atomic mass is 16.5. The molecule has 2 N–H and O–H groups in total. The van der Waals surface area contributed by atoms with Crippen molar-refractivity contribution in [3.63, 3.8) is 0 Å². The number of nitrogens with one attached hydrogen (secondary N) is 1. The van der Waals surface area contributed by atoms with Crippen molar-refractivity contribution in [2.45, 2.75) is 57.7 Å². The largest absolute Gasteiger partial charge is 0.377 e. The molecule has 2 aliphatic rings. The highest BCUT2D eigenvalue weighted by Crippen LogP contribution is 2.26. The van der Waals surface area contributed by atoms with Crippen LogP contribution in [0.2, 0.25) is 0 Å². The predicted molar refractivity (Wildman–Crippen MR) is 85.3 cm³/mol. The number of carbonyl (C=O) groups excluding carboxylic acids is 1. The summed E-state index contributed by atoms with van der Waals surface area (Å²) in [6.07, 6.45) is 7.37. The Bertz CT molecular complexity index is 558. The molecule has 0 spiro atoms. The molecule has 23 heavy (non-hydrogen) atoms. The number of hydrogen-bond acceptors (Lipinski definition) is 5. The lowest BCUT2D eigenvalue weighted by atomic mass is 9.95. The van der Waals surface area contributed by atoms with Crippen LogP contribution in [0.1, 0.15) is 54.2 Å². The molecule has 3 rings (SSSR count). The van der Waals surface area contributed by atoms with Gasteiger partial charge in [0.25, 0.3) is 5.91 Å². The van der Waals surface area contributed by atoms with E-state index in [1.807, 2.05) is 6.07 Å². The molecule has 1 fully saturated rings. The first-order valence-corrected chi connectivity index (χ1v) is 8.49. The summed E-state index contributed by atoms with van der Waals surface area (Å²) < 4.78 is 5.89. The van der Waals surface area contributed by atoms with Crippen LogP contribution in [-0.4, -0.2) is 46.3 Å². The maximum absolute atomic E-state index is 11.6. The van der Waals surface area contributed by atoms with Crippen LogP contribution in [-0.2, 0) is 17.7 Å². The molecular weight excluding hydrogens is 294 g/mol.